The van der Waals surface area contributed by atoms with Crippen molar-refractivity contribution in [2.24, 2.45) is 5.73 Å². The minimum Gasteiger partial charge on any atom is -0.336 e. The first-order valence-electron chi connectivity index (χ1n) is 7.30. The molecule has 3 rings (SSSR count). The summed E-state index contributed by atoms with van der Waals surface area (Å²) in [6.45, 7) is 2.70. The average molecular weight is 278 g/mol. The van der Waals surface area contributed by atoms with Crippen LogP contribution in [0.15, 0.2) is 6.20 Å². The molecule has 2 aliphatic heterocycles. The highest BCUT2D eigenvalue weighted by Crippen LogP contribution is 2.28. The molecule has 1 aromatic heterocycles. The molecule has 20 heavy (non-hydrogen) atoms. The van der Waals surface area contributed by atoms with E-state index in [2.05, 4.69) is 22.3 Å². The van der Waals surface area contributed by atoms with Crippen LogP contribution < -0.4 is 5.73 Å². The molecule has 1 amide bonds. The average Bonchev–Trinajstić information content (AvgIpc) is 2.96. The highest BCUT2D eigenvalue weighted by atomic mass is 16.2. The number of hydrogen-bond acceptors (Lipinski definition) is 5. The summed E-state index contributed by atoms with van der Waals surface area (Å²) in [5.41, 5.74) is 5.91. The Kier molecular flexibility index (Phi) is 3.71. The number of hydrogen-bond donors (Lipinski definition) is 1. The van der Waals surface area contributed by atoms with E-state index in [1.54, 1.807) is 10.9 Å². The summed E-state index contributed by atoms with van der Waals surface area (Å²) < 4.78 is 1.63. The quantitative estimate of drug-likeness (QED) is 0.809. The van der Waals surface area contributed by atoms with E-state index >= 15 is 0 Å². The first kappa shape index (κ1) is 13.5. The molecule has 0 aromatic carbocycles. The lowest BCUT2D eigenvalue weighted by Crippen LogP contribution is -2.39. The molecule has 2 N–H and O–H groups in total. The molecule has 2 aliphatic rings. The van der Waals surface area contributed by atoms with E-state index in [0.29, 0.717) is 30.9 Å². The Hall–Kier alpha value is -1.47. The van der Waals surface area contributed by atoms with Crippen molar-refractivity contribution in [1.82, 2.24) is 24.8 Å². The number of rotatable bonds is 3. The van der Waals surface area contributed by atoms with Crippen LogP contribution in [-0.2, 0) is 6.54 Å². The lowest BCUT2D eigenvalue weighted by Gasteiger charge is -2.25. The van der Waals surface area contributed by atoms with Gasteiger partial charge in [-0.25, -0.2) is 0 Å². The topological polar surface area (TPSA) is 80.3 Å². The number of likely N-dealkylation sites (N-methyl/N-ethyl adjacent to an activating group) is 1. The van der Waals surface area contributed by atoms with Crippen LogP contribution in [0.5, 0.6) is 0 Å². The van der Waals surface area contributed by atoms with Gasteiger partial charge in [-0.1, -0.05) is 5.21 Å². The van der Waals surface area contributed by atoms with Gasteiger partial charge in [0.1, 0.15) is 0 Å². The van der Waals surface area contributed by atoms with Gasteiger partial charge in [-0.3, -0.25) is 14.4 Å². The zero-order valence-corrected chi connectivity index (χ0v) is 11.9. The maximum absolute atomic E-state index is 12.5. The van der Waals surface area contributed by atoms with Gasteiger partial charge in [0.05, 0.1) is 12.7 Å². The molecule has 110 valence electrons. The van der Waals surface area contributed by atoms with E-state index in [1.807, 2.05) is 4.90 Å². The van der Waals surface area contributed by atoms with Crippen molar-refractivity contribution in [2.75, 3.05) is 26.7 Å². The normalized spacial score (nSPS) is 26.8. The minimum atomic E-state index is -0.00535. The number of carbonyl (C=O) groups excluding carboxylic acids is 1. The minimum absolute atomic E-state index is 0.00535. The first-order valence-corrected chi connectivity index (χ1v) is 7.30. The van der Waals surface area contributed by atoms with Crippen LogP contribution in [0.25, 0.3) is 0 Å². The number of fused-ring (bicyclic) bond motifs is 2. The van der Waals surface area contributed by atoms with Crippen molar-refractivity contribution in [3.05, 3.63) is 11.9 Å². The van der Waals surface area contributed by atoms with E-state index in [4.69, 9.17) is 5.73 Å². The van der Waals surface area contributed by atoms with E-state index in [1.165, 1.54) is 12.8 Å². The molecule has 3 heterocycles. The van der Waals surface area contributed by atoms with Crippen LogP contribution >= 0.6 is 0 Å². The van der Waals surface area contributed by atoms with Crippen molar-refractivity contribution in [1.29, 1.82) is 0 Å². The van der Waals surface area contributed by atoms with Gasteiger partial charge in [-0.05, 0) is 26.3 Å². The highest BCUT2D eigenvalue weighted by molar-refractivity contribution is 5.92. The van der Waals surface area contributed by atoms with Gasteiger partial charge in [0.25, 0.3) is 5.91 Å². The second-order valence-electron chi connectivity index (χ2n) is 5.75. The summed E-state index contributed by atoms with van der Waals surface area (Å²) in [5, 5.41) is 7.91. The Labute approximate surface area is 118 Å². The predicted molar refractivity (Wildman–Crippen MR) is 74.2 cm³/mol. The SMILES string of the molecule is CN1C2CCC1CN(C(=O)c1cn(CCN)nn1)CC2. The number of nitrogens with two attached hydrogens (primary N) is 1. The van der Waals surface area contributed by atoms with Crippen LogP contribution in [-0.4, -0.2) is 69.5 Å². The first-order chi connectivity index (χ1) is 9.69. The molecular formula is C13H22N6O. The molecular weight excluding hydrogens is 256 g/mol. The van der Waals surface area contributed by atoms with Gasteiger partial charge in [0, 0.05) is 31.7 Å². The van der Waals surface area contributed by atoms with Gasteiger partial charge >= 0.3 is 0 Å². The van der Waals surface area contributed by atoms with Crippen molar-refractivity contribution in [3.63, 3.8) is 0 Å². The Morgan fingerprint density at radius 1 is 1.40 bits per heavy atom. The third-order valence-corrected chi connectivity index (χ3v) is 4.55. The summed E-state index contributed by atoms with van der Waals surface area (Å²) in [7, 11) is 2.17. The molecule has 7 heteroatoms. The van der Waals surface area contributed by atoms with Crippen LogP contribution in [0.1, 0.15) is 29.8 Å². The molecule has 2 unspecified atom stereocenters. The zero-order valence-electron chi connectivity index (χ0n) is 11.9. The summed E-state index contributed by atoms with van der Waals surface area (Å²) in [6.07, 6.45) is 5.19. The molecule has 7 nitrogen and oxygen atoms in total. The van der Waals surface area contributed by atoms with Gasteiger partial charge in [0.2, 0.25) is 0 Å². The third kappa shape index (κ3) is 2.43. The fourth-order valence-corrected chi connectivity index (χ4v) is 3.29. The van der Waals surface area contributed by atoms with Crippen molar-refractivity contribution in [2.45, 2.75) is 37.9 Å². The molecule has 0 radical (unpaired) electrons. The largest absolute Gasteiger partial charge is 0.336 e. The van der Waals surface area contributed by atoms with Gasteiger partial charge in [-0.2, -0.15) is 0 Å². The van der Waals surface area contributed by atoms with Gasteiger partial charge < -0.3 is 10.6 Å². The van der Waals surface area contributed by atoms with Crippen LogP contribution in [0.4, 0.5) is 0 Å². The van der Waals surface area contributed by atoms with E-state index < -0.39 is 0 Å². The Morgan fingerprint density at radius 3 is 3.00 bits per heavy atom. The lowest BCUT2D eigenvalue weighted by molar-refractivity contribution is 0.0734. The maximum Gasteiger partial charge on any atom is 0.276 e. The molecule has 1 aromatic rings. The predicted octanol–water partition coefficient (Wildman–Crippen LogP) is -0.454. The van der Waals surface area contributed by atoms with Crippen molar-refractivity contribution < 1.29 is 4.79 Å². The van der Waals surface area contributed by atoms with E-state index in [9.17, 15) is 4.79 Å². The molecule has 2 bridgehead atoms. The molecule has 0 saturated carbocycles. The fraction of sp³-hybridized carbons (Fsp3) is 0.769. The summed E-state index contributed by atoms with van der Waals surface area (Å²) in [6, 6.07) is 1.12. The number of amides is 1. The summed E-state index contributed by atoms with van der Waals surface area (Å²) in [5.74, 6) is -0.00535. The molecule has 0 spiro atoms. The smallest absolute Gasteiger partial charge is 0.276 e. The van der Waals surface area contributed by atoms with Crippen LogP contribution in [0.3, 0.4) is 0 Å². The molecule has 0 aliphatic carbocycles. The third-order valence-electron chi connectivity index (χ3n) is 4.55. The Bertz CT molecular complexity index is 487. The van der Waals surface area contributed by atoms with Gasteiger partial charge in [-0.15, -0.1) is 5.10 Å². The van der Waals surface area contributed by atoms with Crippen molar-refractivity contribution in [3.8, 4) is 0 Å². The zero-order chi connectivity index (χ0) is 14.1. The van der Waals surface area contributed by atoms with E-state index in [0.717, 1.165) is 19.5 Å². The van der Waals surface area contributed by atoms with E-state index in [-0.39, 0.29) is 5.91 Å². The number of likely N-dealkylation sites (tertiary alicyclic amines) is 1. The molecule has 2 saturated heterocycles. The molecule has 2 fully saturated rings. The number of nitrogens with zero attached hydrogens (tertiary/aromatic N) is 5. The number of aromatic nitrogens is 3. The number of carbonyl (C=O) groups is 1. The second-order valence-corrected chi connectivity index (χ2v) is 5.75. The monoisotopic (exact) mass is 278 g/mol. The van der Waals surface area contributed by atoms with Crippen molar-refractivity contribution >= 4 is 5.91 Å². The van der Waals surface area contributed by atoms with Crippen LogP contribution in [0.2, 0.25) is 0 Å². The fourth-order valence-electron chi connectivity index (χ4n) is 3.29. The Balaban J connectivity index is 1.70. The lowest BCUT2D eigenvalue weighted by atomic mass is 10.1. The summed E-state index contributed by atoms with van der Waals surface area (Å²) in [4.78, 5) is 16.9. The van der Waals surface area contributed by atoms with Crippen LogP contribution in [0, 0.1) is 0 Å². The second kappa shape index (κ2) is 5.49. The summed E-state index contributed by atoms with van der Waals surface area (Å²) >= 11 is 0. The standard InChI is InChI=1S/C13H22N6O/c1-17-10-2-3-11(17)8-18(6-4-10)13(20)12-9-19(7-5-14)16-15-12/h9-11H,2-8,14H2,1H3. The Morgan fingerprint density at radius 2 is 2.20 bits per heavy atom. The van der Waals surface area contributed by atoms with Gasteiger partial charge in [0.15, 0.2) is 5.69 Å². The highest BCUT2D eigenvalue weighted by Gasteiger charge is 2.36. The molecule has 2 atom stereocenters. The maximum atomic E-state index is 12.5.